The summed E-state index contributed by atoms with van der Waals surface area (Å²) in [5.74, 6) is -1.09. The smallest absolute Gasteiger partial charge is 0.405 e. The van der Waals surface area contributed by atoms with E-state index in [9.17, 15) is 27.6 Å². The van der Waals surface area contributed by atoms with Gasteiger partial charge in [-0.25, -0.2) is 0 Å². The fourth-order valence-electron chi connectivity index (χ4n) is 5.10. The molecule has 0 bridgehead atoms. The van der Waals surface area contributed by atoms with Gasteiger partial charge in [-0.2, -0.15) is 0 Å². The van der Waals surface area contributed by atoms with Gasteiger partial charge in [0.25, 0.3) is 0 Å². The number of benzene rings is 2. The average molecular weight is 667 g/mol. The largest absolute Gasteiger partial charge is 0.573 e. The molecule has 3 rings (SSSR count). The highest BCUT2D eigenvalue weighted by atomic mass is 32.2. The Bertz CT molecular complexity index is 1280. The number of aryl methyl sites for hydroxylation is 1. The molecule has 3 atom stereocenters. The first-order valence-corrected chi connectivity index (χ1v) is 16.5. The Balaban J connectivity index is 1.45. The summed E-state index contributed by atoms with van der Waals surface area (Å²) < 4.78 is 42.3. The van der Waals surface area contributed by atoms with E-state index in [0.717, 1.165) is 43.7 Å². The van der Waals surface area contributed by atoms with E-state index in [1.165, 1.54) is 36.0 Å². The van der Waals surface area contributed by atoms with Crippen LogP contribution in [0.1, 0.15) is 44.7 Å². The second-order valence-electron chi connectivity index (χ2n) is 10.8. The minimum Gasteiger partial charge on any atom is -0.405 e. The van der Waals surface area contributed by atoms with E-state index >= 15 is 0 Å². The first-order chi connectivity index (χ1) is 21.9. The molecule has 2 aromatic rings. The number of nitrogens with two attached hydrogens (primary N) is 1. The molecule has 1 fully saturated rings. The number of para-hydroxylation sites is 1. The zero-order valence-electron chi connectivity index (χ0n) is 26.6. The standard InChI is InChI=1S/C32H45F3N6O4S/c1-4-40(5-2)19-18-37-27(42)13-9-10-22-14-16-24(17-15-22)38-21-26-30(44)41(6-3)31(46-26)28(36)29(43)39-20-23-11-7-8-12-25(23)45-32(33,34)35/h7-8,11-12,14-17,26,28,31,38H,4-6,9-10,13,18-21,36H2,1-3H3,(H,37,42)(H,39,43)/t26-,28-,31?/m1/s1. The normalized spacial score (nSPS) is 17.2. The van der Waals surface area contributed by atoms with Crippen LogP contribution in [-0.4, -0.2) is 89.8 Å². The van der Waals surface area contributed by atoms with Crippen LogP contribution in [0.15, 0.2) is 48.5 Å². The van der Waals surface area contributed by atoms with E-state index < -0.39 is 34.7 Å². The predicted molar refractivity (Wildman–Crippen MR) is 174 cm³/mol. The summed E-state index contributed by atoms with van der Waals surface area (Å²) in [7, 11) is 0. The number of carbonyl (C=O) groups excluding carboxylic acids is 3. The number of nitrogens with one attached hydrogen (secondary N) is 3. The predicted octanol–water partition coefficient (Wildman–Crippen LogP) is 3.71. The van der Waals surface area contributed by atoms with Gasteiger partial charge >= 0.3 is 6.36 Å². The minimum atomic E-state index is -4.87. The van der Waals surface area contributed by atoms with Gasteiger partial charge in [-0.15, -0.1) is 24.9 Å². The molecule has 1 heterocycles. The van der Waals surface area contributed by atoms with Gasteiger partial charge in [0.15, 0.2) is 0 Å². The Kier molecular flexibility index (Phi) is 14.5. The monoisotopic (exact) mass is 666 g/mol. The molecule has 0 saturated carbocycles. The molecular weight excluding hydrogens is 621 g/mol. The maximum Gasteiger partial charge on any atom is 0.573 e. The van der Waals surface area contributed by atoms with E-state index in [1.807, 2.05) is 24.3 Å². The first-order valence-electron chi connectivity index (χ1n) is 15.6. The Morgan fingerprint density at radius 2 is 1.76 bits per heavy atom. The topological polar surface area (TPSA) is 129 Å². The molecule has 1 unspecified atom stereocenters. The van der Waals surface area contributed by atoms with E-state index in [0.29, 0.717) is 26.1 Å². The molecule has 1 saturated heterocycles. The average Bonchev–Trinajstić information content (AvgIpc) is 3.35. The first kappa shape index (κ1) is 37.0. The van der Waals surface area contributed by atoms with Crippen molar-refractivity contribution in [1.29, 1.82) is 0 Å². The molecule has 0 aliphatic carbocycles. The maximum atomic E-state index is 13.1. The molecule has 0 spiro atoms. The lowest BCUT2D eigenvalue weighted by atomic mass is 10.1. The van der Waals surface area contributed by atoms with Crippen LogP contribution < -0.4 is 26.4 Å². The number of alkyl halides is 3. The molecule has 14 heteroatoms. The van der Waals surface area contributed by atoms with Crippen molar-refractivity contribution in [1.82, 2.24) is 20.4 Å². The van der Waals surface area contributed by atoms with E-state index in [4.69, 9.17) is 5.73 Å². The van der Waals surface area contributed by atoms with Crippen LogP contribution >= 0.6 is 11.8 Å². The highest BCUT2D eigenvalue weighted by molar-refractivity contribution is 8.01. The van der Waals surface area contributed by atoms with Crippen LogP contribution in [0.3, 0.4) is 0 Å². The molecular formula is C32H45F3N6O4S. The summed E-state index contributed by atoms with van der Waals surface area (Å²) in [6.45, 7) is 9.87. The van der Waals surface area contributed by atoms with E-state index in [2.05, 4.69) is 39.4 Å². The second kappa shape index (κ2) is 18.0. The van der Waals surface area contributed by atoms with Crippen LogP contribution in [0, 0.1) is 0 Å². The highest BCUT2D eigenvalue weighted by Gasteiger charge is 2.44. The zero-order chi connectivity index (χ0) is 33.7. The van der Waals surface area contributed by atoms with Crippen molar-refractivity contribution in [2.24, 2.45) is 5.73 Å². The van der Waals surface area contributed by atoms with Crippen LogP contribution in [0.25, 0.3) is 0 Å². The van der Waals surface area contributed by atoms with Gasteiger partial charge in [0.05, 0.1) is 0 Å². The van der Waals surface area contributed by atoms with Crippen molar-refractivity contribution in [2.75, 3.05) is 44.6 Å². The molecule has 0 radical (unpaired) electrons. The fraction of sp³-hybridized carbons (Fsp3) is 0.531. The van der Waals surface area contributed by atoms with Gasteiger partial charge < -0.3 is 36.2 Å². The van der Waals surface area contributed by atoms with Gasteiger partial charge in [-0.05, 0) is 56.6 Å². The second-order valence-corrected chi connectivity index (χ2v) is 12.2. The Morgan fingerprint density at radius 3 is 2.41 bits per heavy atom. The molecule has 5 N–H and O–H groups in total. The number of likely N-dealkylation sites (N-methyl/N-ethyl adjacent to an activating group) is 2. The zero-order valence-corrected chi connectivity index (χ0v) is 27.4. The number of hydrogen-bond acceptors (Lipinski definition) is 8. The van der Waals surface area contributed by atoms with Crippen molar-refractivity contribution < 1.29 is 32.3 Å². The van der Waals surface area contributed by atoms with E-state index in [1.54, 1.807) is 11.8 Å². The van der Waals surface area contributed by atoms with Crippen molar-refractivity contribution in [2.45, 2.75) is 69.6 Å². The lowest BCUT2D eigenvalue weighted by Crippen LogP contribution is -2.52. The van der Waals surface area contributed by atoms with Gasteiger partial charge in [0.1, 0.15) is 22.4 Å². The number of amides is 3. The third kappa shape index (κ3) is 11.4. The van der Waals surface area contributed by atoms with Crippen molar-refractivity contribution >= 4 is 35.2 Å². The number of rotatable bonds is 18. The molecule has 10 nitrogen and oxygen atoms in total. The van der Waals surface area contributed by atoms with Crippen molar-refractivity contribution in [3.63, 3.8) is 0 Å². The lowest BCUT2D eigenvalue weighted by molar-refractivity contribution is -0.274. The maximum absolute atomic E-state index is 13.1. The Hall–Kier alpha value is -3.49. The number of nitrogens with zero attached hydrogens (tertiary/aromatic N) is 2. The van der Waals surface area contributed by atoms with Gasteiger partial charge in [-0.3, -0.25) is 14.4 Å². The third-order valence-corrected chi connectivity index (χ3v) is 9.25. The summed E-state index contributed by atoms with van der Waals surface area (Å²) in [6.07, 6.45) is -2.88. The highest BCUT2D eigenvalue weighted by Crippen LogP contribution is 2.33. The molecule has 0 aromatic heterocycles. The van der Waals surface area contributed by atoms with Crippen LogP contribution in [0.2, 0.25) is 0 Å². The third-order valence-electron chi connectivity index (χ3n) is 7.73. The molecule has 1 aliphatic rings. The van der Waals surface area contributed by atoms with Crippen LogP contribution in [-0.2, 0) is 27.3 Å². The van der Waals surface area contributed by atoms with Crippen molar-refractivity contribution in [3.05, 3.63) is 59.7 Å². The summed E-state index contributed by atoms with van der Waals surface area (Å²) in [4.78, 5) is 42.0. The summed E-state index contributed by atoms with van der Waals surface area (Å²) in [5.41, 5.74) is 8.34. The molecule has 3 amide bonds. The molecule has 46 heavy (non-hydrogen) atoms. The molecule has 1 aliphatic heterocycles. The fourth-order valence-corrected chi connectivity index (χ4v) is 6.56. The van der Waals surface area contributed by atoms with Gasteiger partial charge in [0.2, 0.25) is 17.7 Å². The lowest BCUT2D eigenvalue weighted by Gasteiger charge is -2.26. The summed E-state index contributed by atoms with van der Waals surface area (Å²) in [5, 5.41) is 7.72. The van der Waals surface area contributed by atoms with E-state index in [-0.39, 0.29) is 23.9 Å². The van der Waals surface area contributed by atoms with Crippen LogP contribution in [0.5, 0.6) is 5.75 Å². The van der Waals surface area contributed by atoms with Crippen molar-refractivity contribution in [3.8, 4) is 5.75 Å². The number of carbonyl (C=O) groups is 3. The molecule has 254 valence electrons. The number of anilines is 1. The number of halogens is 3. The van der Waals surface area contributed by atoms with Crippen LogP contribution in [0.4, 0.5) is 18.9 Å². The SMILES string of the molecule is CCN(CC)CCNC(=O)CCCc1ccc(NC[C@H]2SC([C@H](N)C(=O)NCc3ccccc3OC(F)(F)F)N(CC)C2=O)cc1. The summed E-state index contributed by atoms with van der Waals surface area (Å²) in [6, 6.07) is 12.3. The molecule has 2 aromatic carbocycles. The van der Waals surface area contributed by atoms with Gasteiger partial charge in [0, 0.05) is 50.4 Å². The number of thioether (sulfide) groups is 1. The summed E-state index contributed by atoms with van der Waals surface area (Å²) >= 11 is 1.28. The Labute approximate surface area is 273 Å². The number of ether oxygens (including phenoxy) is 1. The minimum absolute atomic E-state index is 0.0571. The quantitative estimate of drug-likeness (QED) is 0.190. The Morgan fingerprint density at radius 1 is 1.07 bits per heavy atom. The number of hydrogen-bond donors (Lipinski definition) is 4. The van der Waals surface area contributed by atoms with Gasteiger partial charge in [-0.1, -0.05) is 44.2 Å².